The third kappa shape index (κ3) is 1.50. The van der Waals surface area contributed by atoms with Crippen LogP contribution in [-0.2, 0) is 0 Å². The molecule has 0 saturated carbocycles. The Balaban J connectivity index is 1.93. The number of hydrogen-bond acceptors (Lipinski definition) is 1. The second kappa shape index (κ2) is 4.19. The van der Waals surface area contributed by atoms with Crippen molar-refractivity contribution in [3.05, 3.63) is 84.0 Å². The van der Waals surface area contributed by atoms with Gasteiger partial charge in [-0.05, 0) is 28.1 Å². The first-order chi connectivity index (χ1) is 10.4. The number of thiophene rings is 1. The van der Waals surface area contributed by atoms with E-state index in [0.29, 0.717) is 11.8 Å². The van der Waals surface area contributed by atoms with E-state index in [4.69, 9.17) is 0 Å². The molecule has 0 saturated heterocycles. The fraction of sp³-hybridized carbons (Fsp3) is 0.100. The Morgan fingerprint density at radius 3 is 2.48 bits per heavy atom. The summed E-state index contributed by atoms with van der Waals surface area (Å²) in [5, 5.41) is 1.43. The summed E-state index contributed by atoms with van der Waals surface area (Å²) in [6.45, 7) is 0. The number of rotatable bonds is 0. The van der Waals surface area contributed by atoms with Gasteiger partial charge in [0.2, 0.25) is 0 Å². The molecule has 21 heavy (non-hydrogen) atoms. The zero-order valence-corrected chi connectivity index (χ0v) is 12.3. The van der Waals surface area contributed by atoms with E-state index in [1.165, 1.54) is 31.7 Å². The third-order valence-corrected chi connectivity index (χ3v) is 5.89. The van der Waals surface area contributed by atoms with Crippen molar-refractivity contribution in [2.45, 2.75) is 11.8 Å². The minimum Gasteiger partial charge on any atom is -0.135 e. The highest BCUT2D eigenvalue weighted by molar-refractivity contribution is 7.22. The Morgan fingerprint density at radius 1 is 0.762 bits per heavy atom. The van der Waals surface area contributed by atoms with Gasteiger partial charge < -0.3 is 0 Å². The maximum absolute atomic E-state index is 2.37. The van der Waals surface area contributed by atoms with Gasteiger partial charge in [-0.15, -0.1) is 11.3 Å². The Hall–Kier alpha value is -2.12. The predicted molar refractivity (Wildman–Crippen MR) is 91.0 cm³/mol. The molecule has 0 N–H and O–H groups in total. The minimum atomic E-state index is 0.482. The second-order valence-corrected chi connectivity index (χ2v) is 6.80. The lowest BCUT2D eigenvalue weighted by Crippen LogP contribution is -2.15. The van der Waals surface area contributed by atoms with Crippen LogP contribution in [0.3, 0.4) is 0 Å². The summed E-state index contributed by atoms with van der Waals surface area (Å²) in [6, 6.07) is 17.7. The van der Waals surface area contributed by atoms with E-state index in [0.717, 1.165) is 0 Å². The van der Waals surface area contributed by atoms with Gasteiger partial charge in [-0.1, -0.05) is 66.8 Å². The van der Waals surface area contributed by atoms with E-state index in [1.54, 1.807) is 0 Å². The minimum absolute atomic E-state index is 0.482. The van der Waals surface area contributed by atoms with Crippen molar-refractivity contribution < 1.29 is 0 Å². The molecule has 0 fully saturated rings. The molecular weight excluding hydrogens is 272 g/mol. The van der Waals surface area contributed by atoms with Crippen LogP contribution in [0.15, 0.2) is 72.8 Å². The molecule has 1 heteroatoms. The van der Waals surface area contributed by atoms with Crippen molar-refractivity contribution in [1.82, 2.24) is 0 Å². The highest BCUT2D eigenvalue weighted by atomic mass is 32.1. The Labute approximate surface area is 128 Å². The van der Waals surface area contributed by atoms with Gasteiger partial charge in [-0.2, -0.15) is 0 Å². The molecule has 2 unspecified atom stereocenters. The van der Waals surface area contributed by atoms with Gasteiger partial charge in [0, 0.05) is 21.4 Å². The standard InChI is InChI=1S/C20H14S/c1-3-9-15-13(7-1)14-8-2-4-10-16(14)20-19(15)17-11-5-6-12-18(17)21-20/h1-13,15H. The summed E-state index contributed by atoms with van der Waals surface area (Å²) in [5.74, 6) is 0.966. The predicted octanol–water partition coefficient (Wildman–Crippen LogP) is 5.88. The summed E-state index contributed by atoms with van der Waals surface area (Å²) in [7, 11) is 0. The van der Waals surface area contributed by atoms with Gasteiger partial charge >= 0.3 is 0 Å². The fourth-order valence-corrected chi connectivity index (χ4v) is 5.08. The summed E-state index contributed by atoms with van der Waals surface area (Å²) in [4.78, 5) is 1.47. The normalized spacial score (nSPS) is 21.9. The third-order valence-electron chi connectivity index (χ3n) is 4.67. The largest absolute Gasteiger partial charge is 0.135 e. The average Bonchev–Trinajstić information content (AvgIpc) is 2.95. The Kier molecular flexibility index (Phi) is 2.30. The monoisotopic (exact) mass is 286 g/mol. The molecule has 0 aliphatic heterocycles. The molecule has 2 aliphatic carbocycles. The first-order valence-electron chi connectivity index (χ1n) is 7.39. The Bertz CT molecular complexity index is 910. The van der Waals surface area contributed by atoms with Crippen molar-refractivity contribution in [2.24, 2.45) is 0 Å². The van der Waals surface area contributed by atoms with E-state index < -0.39 is 0 Å². The molecule has 2 aromatic carbocycles. The Morgan fingerprint density at radius 2 is 1.52 bits per heavy atom. The van der Waals surface area contributed by atoms with Crippen LogP contribution in [0.2, 0.25) is 0 Å². The summed E-state index contributed by atoms with van der Waals surface area (Å²) in [5.41, 5.74) is 4.43. The molecule has 0 bridgehead atoms. The molecule has 0 spiro atoms. The lowest BCUT2D eigenvalue weighted by atomic mass is 9.72. The van der Waals surface area contributed by atoms with E-state index >= 15 is 0 Å². The lowest BCUT2D eigenvalue weighted by Gasteiger charge is -2.32. The molecule has 0 amide bonds. The molecular formula is C20H14S. The van der Waals surface area contributed by atoms with Crippen LogP contribution in [-0.4, -0.2) is 0 Å². The second-order valence-electron chi connectivity index (χ2n) is 5.75. The smallest absolute Gasteiger partial charge is 0.0396 e. The molecule has 100 valence electrons. The molecule has 2 atom stereocenters. The first-order valence-corrected chi connectivity index (χ1v) is 8.21. The maximum atomic E-state index is 2.37. The van der Waals surface area contributed by atoms with Crippen LogP contribution in [0, 0.1) is 0 Å². The van der Waals surface area contributed by atoms with Crippen molar-refractivity contribution >= 4 is 21.4 Å². The number of allylic oxidation sites excluding steroid dienone is 4. The van der Waals surface area contributed by atoms with Gasteiger partial charge in [0.15, 0.2) is 0 Å². The van der Waals surface area contributed by atoms with Crippen LogP contribution >= 0.6 is 11.3 Å². The molecule has 5 rings (SSSR count). The molecule has 1 heterocycles. The highest BCUT2D eigenvalue weighted by Gasteiger charge is 2.34. The maximum Gasteiger partial charge on any atom is 0.0396 e. The first kappa shape index (κ1) is 11.5. The van der Waals surface area contributed by atoms with Gasteiger partial charge in [-0.3, -0.25) is 0 Å². The van der Waals surface area contributed by atoms with Crippen LogP contribution in [0.1, 0.15) is 23.0 Å². The number of benzene rings is 2. The fourth-order valence-electron chi connectivity index (χ4n) is 3.77. The zero-order valence-electron chi connectivity index (χ0n) is 11.5. The molecule has 0 nitrogen and oxygen atoms in total. The summed E-state index contributed by atoms with van der Waals surface area (Å²) < 4.78 is 1.40. The quantitative estimate of drug-likeness (QED) is 0.484. The van der Waals surface area contributed by atoms with E-state index in [1.807, 2.05) is 11.3 Å². The molecule has 3 aromatic rings. The van der Waals surface area contributed by atoms with Crippen molar-refractivity contribution in [2.75, 3.05) is 0 Å². The van der Waals surface area contributed by atoms with Gasteiger partial charge in [0.05, 0.1) is 0 Å². The van der Waals surface area contributed by atoms with Gasteiger partial charge in [-0.25, -0.2) is 0 Å². The van der Waals surface area contributed by atoms with E-state index in [2.05, 4.69) is 72.8 Å². The van der Waals surface area contributed by atoms with Crippen LogP contribution in [0.25, 0.3) is 20.5 Å². The summed E-state index contributed by atoms with van der Waals surface area (Å²) in [6.07, 6.45) is 9.13. The van der Waals surface area contributed by atoms with Crippen molar-refractivity contribution in [3.8, 4) is 10.4 Å². The van der Waals surface area contributed by atoms with E-state index in [9.17, 15) is 0 Å². The molecule has 2 aliphatic rings. The topological polar surface area (TPSA) is 0 Å². The van der Waals surface area contributed by atoms with E-state index in [-0.39, 0.29) is 0 Å². The SMILES string of the molecule is C1=CC2c3ccccc3-c3sc4ccccc4c3C2C=C1. The number of fused-ring (bicyclic) bond motifs is 8. The van der Waals surface area contributed by atoms with Crippen molar-refractivity contribution in [3.63, 3.8) is 0 Å². The van der Waals surface area contributed by atoms with Gasteiger partial charge in [0.25, 0.3) is 0 Å². The highest BCUT2D eigenvalue weighted by Crippen LogP contribution is 2.54. The van der Waals surface area contributed by atoms with Crippen LogP contribution in [0.4, 0.5) is 0 Å². The molecule has 1 aromatic heterocycles. The van der Waals surface area contributed by atoms with Crippen LogP contribution in [0.5, 0.6) is 0 Å². The lowest BCUT2D eigenvalue weighted by molar-refractivity contribution is 0.728. The van der Waals surface area contributed by atoms with Crippen LogP contribution < -0.4 is 0 Å². The summed E-state index contributed by atoms with van der Waals surface area (Å²) >= 11 is 1.94. The number of hydrogen-bond donors (Lipinski definition) is 0. The zero-order chi connectivity index (χ0) is 13.8. The van der Waals surface area contributed by atoms with Crippen molar-refractivity contribution in [1.29, 1.82) is 0 Å². The molecule has 0 radical (unpaired) electrons. The van der Waals surface area contributed by atoms with Gasteiger partial charge in [0.1, 0.15) is 0 Å². The average molecular weight is 286 g/mol.